The Kier molecular flexibility index (Phi) is 7.13. The van der Waals surface area contributed by atoms with Gasteiger partial charge in [0.25, 0.3) is 0 Å². The van der Waals surface area contributed by atoms with Crippen LogP contribution in [0.1, 0.15) is 18.0 Å². The third kappa shape index (κ3) is 5.72. The van der Waals surface area contributed by atoms with E-state index < -0.39 is 15.9 Å². The zero-order valence-electron chi connectivity index (χ0n) is 16.0. The molecule has 156 valence electrons. The predicted octanol–water partition coefficient (Wildman–Crippen LogP) is 0.950. The Hall–Kier alpha value is -2.56. The van der Waals surface area contributed by atoms with Gasteiger partial charge in [0.1, 0.15) is 5.82 Å². The molecule has 3 rings (SSSR count). The van der Waals surface area contributed by atoms with Gasteiger partial charge in [0.05, 0.1) is 5.75 Å². The number of pyridine rings is 2. The van der Waals surface area contributed by atoms with Crippen LogP contribution in [0.25, 0.3) is 0 Å². The van der Waals surface area contributed by atoms with Crippen molar-refractivity contribution >= 4 is 22.3 Å². The molecular formula is C19H25N5O4S. The summed E-state index contributed by atoms with van der Waals surface area (Å²) in [5.74, 6) is 0.290. The summed E-state index contributed by atoms with van der Waals surface area (Å²) in [5.41, 5.74) is 0.627. The quantitative estimate of drug-likeness (QED) is 0.366. The SMILES string of the molecule is O=CN(O)CCC(CS(=O)(=O)N1CCN(c2ccccn2)CC1)c1ccccn1. The van der Waals surface area contributed by atoms with E-state index in [1.165, 1.54) is 4.31 Å². The summed E-state index contributed by atoms with van der Waals surface area (Å²) in [6.45, 7) is 1.94. The molecule has 1 amide bonds. The van der Waals surface area contributed by atoms with Gasteiger partial charge in [-0.15, -0.1) is 0 Å². The first-order chi connectivity index (χ1) is 14.0. The first kappa shape index (κ1) is 21.2. The number of hydroxylamine groups is 2. The lowest BCUT2D eigenvalue weighted by atomic mass is 10.0. The van der Waals surface area contributed by atoms with Crippen molar-refractivity contribution in [2.24, 2.45) is 0 Å². The molecule has 2 aromatic rings. The van der Waals surface area contributed by atoms with Crippen LogP contribution in [0.15, 0.2) is 48.8 Å². The smallest absolute Gasteiger partial charge is 0.233 e. The second-order valence-electron chi connectivity index (χ2n) is 6.86. The molecule has 1 aliphatic rings. The van der Waals surface area contributed by atoms with Gasteiger partial charge in [0.2, 0.25) is 16.4 Å². The number of sulfonamides is 1. The molecule has 0 bridgehead atoms. The molecule has 0 aliphatic carbocycles. The van der Waals surface area contributed by atoms with Crippen LogP contribution in [0.3, 0.4) is 0 Å². The Morgan fingerprint density at radius 3 is 2.34 bits per heavy atom. The maximum absolute atomic E-state index is 13.0. The van der Waals surface area contributed by atoms with Crippen LogP contribution in [0.4, 0.5) is 5.82 Å². The van der Waals surface area contributed by atoms with Gasteiger partial charge < -0.3 is 4.90 Å². The van der Waals surface area contributed by atoms with Crippen LogP contribution in [0.2, 0.25) is 0 Å². The van der Waals surface area contributed by atoms with Gasteiger partial charge in [0.15, 0.2) is 0 Å². The Bertz CT molecular complexity index is 874. The summed E-state index contributed by atoms with van der Waals surface area (Å²) in [4.78, 5) is 21.3. The van der Waals surface area contributed by atoms with Gasteiger partial charge in [-0.05, 0) is 30.7 Å². The molecule has 2 aromatic heterocycles. The third-order valence-corrected chi connectivity index (χ3v) is 6.93. The Balaban J connectivity index is 1.66. The summed E-state index contributed by atoms with van der Waals surface area (Å²) in [7, 11) is -3.53. The molecule has 1 unspecified atom stereocenters. The van der Waals surface area contributed by atoms with Crippen molar-refractivity contribution < 1.29 is 18.4 Å². The predicted molar refractivity (Wildman–Crippen MR) is 108 cm³/mol. The zero-order valence-corrected chi connectivity index (χ0v) is 16.9. The zero-order chi connectivity index (χ0) is 20.7. The maximum atomic E-state index is 13.0. The van der Waals surface area contributed by atoms with Gasteiger partial charge in [0, 0.05) is 56.7 Å². The van der Waals surface area contributed by atoms with Crippen LogP contribution in [0, 0.1) is 0 Å². The minimum atomic E-state index is -3.53. The topological polar surface area (TPSA) is 107 Å². The molecule has 9 nitrogen and oxygen atoms in total. The van der Waals surface area contributed by atoms with Crippen molar-refractivity contribution in [2.75, 3.05) is 43.4 Å². The molecule has 1 fully saturated rings. The number of carbonyl (C=O) groups excluding carboxylic acids is 1. The van der Waals surface area contributed by atoms with E-state index in [1.807, 2.05) is 18.2 Å². The molecular weight excluding hydrogens is 394 g/mol. The number of anilines is 1. The number of nitrogens with zero attached hydrogens (tertiary/aromatic N) is 5. The molecule has 1 saturated heterocycles. The fourth-order valence-electron chi connectivity index (χ4n) is 3.37. The van der Waals surface area contributed by atoms with E-state index in [0.29, 0.717) is 49.8 Å². The number of hydrogen-bond acceptors (Lipinski definition) is 7. The normalized spacial score (nSPS) is 16.4. The minimum absolute atomic E-state index is 0.0354. The first-order valence-corrected chi connectivity index (χ1v) is 11.1. The van der Waals surface area contributed by atoms with E-state index in [9.17, 15) is 18.4 Å². The second kappa shape index (κ2) is 9.77. The maximum Gasteiger partial charge on any atom is 0.233 e. The molecule has 0 aromatic carbocycles. The van der Waals surface area contributed by atoms with Crippen molar-refractivity contribution in [1.82, 2.24) is 19.3 Å². The molecule has 1 N–H and O–H groups in total. The number of aromatic nitrogens is 2. The fourth-order valence-corrected chi connectivity index (χ4v) is 5.15. The van der Waals surface area contributed by atoms with Gasteiger partial charge in [-0.2, -0.15) is 4.31 Å². The molecule has 29 heavy (non-hydrogen) atoms. The Morgan fingerprint density at radius 2 is 1.76 bits per heavy atom. The van der Waals surface area contributed by atoms with Crippen molar-refractivity contribution in [1.29, 1.82) is 0 Å². The lowest BCUT2D eigenvalue weighted by Gasteiger charge is -2.35. The number of rotatable bonds is 9. The third-order valence-electron chi connectivity index (χ3n) is 4.95. The van der Waals surface area contributed by atoms with Crippen LogP contribution in [-0.2, 0) is 14.8 Å². The van der Waals surface area contributed by atoms with Crippen LogP contribution in [0.5, 0.6) is 0 Å². The van der Waals surface area contributed by atoms with Crippen molar-refractivity contribution in [3.8, 4) is 0 Å². The van der Waals surface area contributed by atoms with Crippen LogP contribution < -0.4 is 4.90 Å². The highest BCUT2D eigenvalue weighted by molar-refractivity contribution is 7.89. The monoisotopic (exact) mass is 419 g/mol. The van der Waals surface area contributed by atoms with E-state index in [2.05, 4.69) is 14.9 Å². The molecule has 0 radical (unpaired) electrons. The molecule has 10 heteroatoms. The van der Waals surface area contributed by atoms with E-state index >= 15 is 0 Å². The molecule has 3 heterocycles. The lowest BCUT2D eigenvalue weighted by Crippen LogP contribution is -2.50. The Morgan fingerprint density at radius 1 is 1.07 bits per heavy atom. The molecule has 0 saturated carbocycles. The highest BCUT2D eigenvalue weighted by Gasteiger charge is 2.31. The molecule has 1 atom stereocenters. The minimum Gasteiger partial charge on any atom is -0.354 e. The summed E-state index contributed by atoms with van der Waals surface area (Å²) in [6, 6.07) is 11.0. The summed E-state index contributed by atoms with van der Waals surface area (Å²) < 4.78 is 27.6. The lowest BCUT2D eigenvalue weighted by molar-refractivity contribution is -0.149. The number of piperazine rings is 1. The standard InChI is InChI=1S/C19H25N5O4S/c25-16-23(26)10-7-17(18-5-1-3-8-20-18)15-29(27,28)24-13-11-22(12-14-24)19-6-2-4-9-21-19/h1-6,8-9,16-17,26H,7,10-15H2. The van der Waals surface area contributed by atoms with E-state index in [4.69, 9.17) is 0 Å². The number of carbonyl (C=O) groups is 1. The Labute approximate surface area is 170 Å². The average molecular weight is 420 g/mol. The first-order valence-electron chi connectivity index (χ1n) is 9.45. The van der Waals surface area contributed by atoms with Crippen molar-refractivity contribution in [3.63, 3.8) is 0 Å². The largest absolute Gasteiger partial charge is 0.354 e. The van der Waals surface area contributed by atoms with Crippen LogP contribution in [-0.4, -0.2) is 77.8 Å². The van der Waals surface area contributed by atoms with Gasteiger partial charge in [-0.25, -0.2) is 18.5 Å². The van der Waals surface area contributed by atoms with Gasteiger partial charge >= 0.3 is 0 Å². The number of amides is 1. The molecule has 1 aliphatic heterocycles. The number of hydrogen-bond donors (Lipinski definition) is 1. The summed E-state index contributed by atoms with van der Waals surface area (Å²) >= 11 is 0. The molecule has 0 spiro atoms. The van der Waals surface area contributed by atoms with Gasteiger partial charge in [-0.1, -0.05) is 12.1 Å². The van der Waals surface area contributed by atoms with Crippen molar-refractivity contribution in [2.45, 2.75) is 12.3 Å². The van der Waals surface area contributed by atoms with E-state index in [0.717, 1.165) is 5.82 Å². The van der Waals surface area contributed by atoms with E-state index in [-0.39, 0.29) is 12.3 Å². The second-order valence-corrected chi connectivity index (χ2v) is 8.87. The highest BCUT2D eigenvalue weighted by Crippen LogP contribution is 2.23. The summed E-state index contributed by atoms with van der Waals surface area (Å²) in [6.07, 6.45) is 3.93. The van der Waals surface area contributed by atoms with Crippen molar-refractivity contribution in [3.05, 3.63) is 54.5 Å². The highest BCUT2D eigenvalue weighted by atomic mass is 32.2. The average Bonchev–Trinajstić information content (AvgIpc) is 2.77. The fraction of sp³-hybridized carbons (Fsp3) is 0.421. The van der Waals surface area contributed by atoms with Crippen LogP contribution >= 0.6 is 0 Å². The summed E-state index contributed by atoms with van der Waals surface area (Å²) in [5, 5.41) is 9.93. The van der Waals surface area contributed by atoms with E-state index in [1.54, 1.807) is 30.6 Å². The van der Waals surface area contributed by atoms with Gasteiger partial charge in [-0.3, -0.25) is 15.0 Å².